The van der Waals surface area contributed by atoms with Crippen LogP contribution in [0.15, 0.2) is 12.2 Å². The highest BCUT2D eigenvalue weighted by Gasteiger charge is 2.52. The van der Waals surface area contributed by atoms with Crippen molar-refractivity contribution in [2.45, 2.75) is 6.42 Å². The SMILES string of the molecule is O=C1OCC2C3C=CC(C3)C12. The lowest BCUT2D eigenvalue weighted by molar-refractivity contribution is -0.142. The highest BCUT2D eigenvalue weighted by molar-refractivity contribution is 5.76. The molecule has 0 radical (unpaired) electrons. The Kier molecular flexibility index (Phi) is 0.888. The summed E-state index contributed by atoms with van der Waals surface area (Å²) >= 11 is 0. The van der Waals surface area contributed by atoms with Crippen LogP contribution in [0.2, 0.25) is 0 Å². The Bertz CT molecular complexity index is 244. The molecule has 2 bridgehead atoms. The van der Waals surface area contributed by atoms with E-state index in [0.29, 0.717) is 24.4 Å². The monoisotopic (exact) mass is 150 g/mol. The van der Waals surface area contributed by atoms with E-state index in [1.807, 2.05) is 0 Å². The van der Waals surface area contributed by atoms with Crippen molar-refractivity contribution in [3.05, 3.63) is 12.2 Å². The largest absolute Gasteiger partial charge is 0.465 e. The maximum atomic E-state index is 11.2. The number of carbonyl (C=O) groups excluding carboxylic acids is 1. The van der Waals surface area contributed by atoms with Crippen molar-refractivity contribution in [2.24, 2.45) is 23.7 Å². The van der Waals surface area contributed by atoms with Gasteiger partial charge >= 0.3 is 5.97 Å². The number of rotatable bonds is 0. The molecule has 4 atom stereocenters. The third-order valence-corrected chi connectivity index (χ3v) is 3.31. The predicted octanol–water partition coefficient (Wildman–Crippen LogP) is 0.982. The minimum Gasteiger partial charge on any atom is -0.465 e. The molecular weight excluding hydrogens is 140 g/mol. The molecule has 0 spiro atoms. The fourth-order valence-electron chi connectivity index (χ4n) is 2.78. The lowest BCUT2D eigenvalue weighted by Gasteiger charge is -2.14. The predicted molar refractivity (Wildman–Crippen MR) is 38.7 cm³/mol. The van der Waals surface area contributed by atoms with Gasteiger partial charge in [-0.3, -0.25) is 4.79 Å². The van der Waals surface area contributed by atoms with Gasteiger partial charge in [-0.15, -0.1) is 0 Å². The molecule has 4 unspecified atom stereocenters. The molecule has 3 aliphatic rings. The second-order valence-corrected chi connectivity index (χ2v) is 3.77. The number of esters is 1. The smallest absolute Gasteiger partial charge is 0.309 e. The maximum Gasteiger partial charge on any atom is 0.309 e. The number of fused-ring (bicyclic) bond motifs is 5. The first kappa shape index (κ1) is 5.81. The van der Waals surface area contributed by atoms with Crippen LogP contribution >= 0.6 is 0 Å². The van der Waals surface area contributed by atoms with Gasteiger partial charge in [0.2, 0.25) is 0 Å². The molecular formula is C9H10O2. The summed E-state index contributed by atoms with van der Waals surface area (Å²) in [6.45, 7) is 0.676. The Labute approximate surface area is 65.2 Å². The molecule has 1 aliphatic heterocycles. The van der Waals surface area contributed by atoms with Gasteiger partial charge in [0.1, 0.15) is 0 Å². The van der Waals surface area contributed by atoms with Gasteiger partial charge in [-0.1, -0.05) is 12.2 Å². The molecule has 2 nitrogen and oxygen atoms in total. The summed E-state index contributed by atoms with van der Waals surface area (Å²) in [7, 11) is 0. The van der Waals surface area contributed by atoms with Crippen molar-refractivity contribution in [3.63, 3.8) is 0 Å². The number of allylic oxidation sites excluding steroid dienone is 2. The van der Waals surface area contributed by atoms with E-state index < -0.39 is 0 Å². The molecule has 1 saturated carbocycles. The molecule has 2 aliphatic carbocycles. The third-order valence-electron chi connectivity index (χ3n) is 3.31. The summed E-state index contributed by atoms with van der Waals surface area (Å²) < 4.78 is 5.02. The van der Waals surface area contributed by atoms with Crippen molar-refractivity contribution < 1.29 is 9.53 Å². The van der Waals surface area contributed by atoms with Gasteiger partial charge in [0.25, 0.3) is 0 Å². The van der Waals surface area contributed by atoms with Crippen LogP contribution in [0.1, 0.15) is 6.42 Å². The average Bonchev–Trinajstić information content (AvgIpc) is 2.60. The molecule has 2 heteroatoms. The zero-order valence-corrected chi connectivity index (χ0v) is 6.19. The maximum absolute atomic E-state index is 11.2. The second-order valence-electron chi connectivity index (χ2n) is 3.77. The number of hydrogen-bond donors (Lipinski definition) is 0. The zero-order valence-electron chi connectivity index (χ0n) is 6.19. The first-order valence-electron chi connectivity index (χ1n) is 4.21. The van der Waals surface area contributed by atoms with Crippen molar-refractivity contribution >= 4 is 5.97 Å². The molecule has 0 N–H and O–H groups in total. The Morgan fingerprint density at radius 1 is 1.36 bits per heavy atom. The van der Waals surface area contributed by atoms with E-state index in [9.17, 15) is 4.79 Å². The molecule has 0 aromatic carbocycles. The molecule has 1 heterocycles. The van der Waals surface area contributed by atoms with Gasteiger partial charge < -0.3 is 4.74 Å². The molecule has 58 valence electrons. The molecule has 1 saturated heterocycles. The fraction of sp³-hybridized carbons (Fsp3) is 0.667. The Morgan fingerprint density at radius 2 is 2.18 bits per heavy atom. The molecule has 11 heavy (non-hydrogen) atoms. The van der Waals surface area contributed by atoms with Crippen molar-refractivity contribution in [3.8, 4) is 0 Å². The van der Waals surface area contributed by atoms with Gasteiger partial charge in [-0.2, -0.15) is 0 Å². The molecule has 0 amide bonds. The second kappa shape index (κ2) is 1.68. The van der Waals surface area contributed by atoms with E-state index in [1.54, 1.807) is 0 Å². The Morgan fingerprint density at radius 3 is 3.00 bits per heavy atom. The first-order valence-corrected chi connectivity index (χ1v) is 4.21. The minimum absolute atomic E-state index is 0.0480. The van der Waals surface area contributed by atoms with Gasteiger partial charge in [-0.05, 0) is 18.3 Å². The normalized spacial score (nSPS) is 51.5. The molecule has 2 fully saturated rings. The Hall–Kier alpha value is -0.790. The highest BCUT2D eigenvalue weighted by Crippen LogP contribution is 2.50. The number of hydrogen-bond acceptors (Lipinski definition) is 2. The fourth-order valence-corrected chi connectivity index (χ4v) is 2.78. The summed E-state index contributed by atoms with van der Waals surface area (Å²) in [5.41, 5.74) is 0. The van der Waals surface area contributed by atoms with Gasteiger partial charge in [0.15, 0.2) is 0 Å². The molecule has 0 aromatic heterocycles. The summed E-state index contributed by atoms with van der Waals surface area (Å²) in [5, 5.41) is 0. The van der Waals surface area contributed by atoms with Crippen LogP contribution in [0.4, 0.5) is 0 Å². The Balaban J connectivity index is 2.03. The zero-order chi connectivity index (χ0) is 7.42. The average molecular weight is 150 g/mol. The van der Waals surface area contributed by atoms with Crippen LogP contribution in [0, 0.1) is 23.7 Å². The summed E-state index contributed by atoms with van der Waals surface area (Å²) in [6, 6.07) is 0. The number of carbonyl (C=O) groups is 1. The lowest BCUT2D eigenvalue weighted by atomic mass is 9.86. The topological polar surface area (TPSA) is 26.3 Å². The number of cyclic esters (lactones) is 1. The standard InChI is InChI=1S/C9H10O2/c10-9-8-6-2-1-5(3-6)7(8)4-11-9/h1-2,5-8H,3-4H2. The molecule has 3 rings (SSSR count). The lowest BCUT2D eigenvalue weighted by Crippen LogP contribution is -2.19. The van der Waals surface area contributed by atoms with Gasteiger partial charge in [0, 0.05) is 5.92 Å². The summed E-state index contributed by atoms with van der Waals surface area (Å²) in [5.74, 6) is 1.96. The first-order chi connectivity index (χ1) is 5.36. The van der Waals surface area contributed by atoms with E-state index in [4.69, 9.17) is 4.74 Å². The van der Waals surface area contributed by atoms with Crippen LogP contribution in [0.5, 0.6) is 0 Å². The van der Waals surface area contributed by atoms with Crippen LogP contribution in [0.25, 0.3) is 0 Å². The molecule has 0 aromatic rings. The van der Waals surface area contributed by atoms with E-state index >= 15 is 0 Å². The number of ether oxygens (including phenoxy) is 1. The van der Waals surface area contributed by atoms with E-state index in [2.05, 4.69) is 12.2 Å². The minimum atomic E-state index is 0.0480. The van der Waals surface area contributed by atoms with Crippen LogP contribution in [-0.4, -0.2) is 12.6 Å². The third kappa shape index (κ3) is 0.561. The summed E-state index contributed by atoms with van der Waals surface area (Å²) in [4.78, 5) is 11.2. The van der Waals surface area contributed by atoms with Gasteiger partial charge in [-0.25, -0.2) is 0 Å². The quantitative estimate of drug-likeness (QED) is 0.380. The highest BCUT2D eigenvalue weighted by atomic mass is 16.5. The summed E-state index contributed by atoms with van der Waals surface area (Å²) in [6.07, 6.45) is 5.65. The van der Waals surface area contributed by atoms with E-state index in [-0.39, 0.29) is 11.9 Å². The van der Waals surface area contributed by atoms with Crippen molar-refractivity contribution in [2.75, 3.05) is 6.61 Å². The van der Waals surface area contributed by atoms with Gasteiger partial charge in [0.05, 0.1) is 12.5 Å². The van der Waals surface area contributed by atoms with Crippen LogP contribution < -0.4 is 0 Å². The van der Waals surface area contributed by atoms with E-state index in [0.717, 1.165) is 0 Å². The van der Waals surface area contributed by atoms with E-state index in [1.165, 1.54) is 6.42 Å². The van der Waals surface area contributed by atoms with Crippen LogP contribution in [0.3, 0.4) is 0 Å². The van der Waals surface area contributed by atoms with Crippen molar-refractivity contribution in [1.82, 2.24) is 0 Å². The van der Waals surface area contributed by atoms with Crippen molar-refractivity contribution in [1.29, 1.82) is 0 Å². The van der Waals surface area contributed by atoms with Crippen LogP contribution in [-0.2, 0) is 9.53 Å².